The van der Waals surface area contributed by atoms with E-state index in [1.165, 1.54) is 17.0 Å². The van der Waals surface area contributed by atoms with Crippen molar-refractivity contribution in [3.63, 3.8) is 0 Å². The van der Waals surface area contributed by atoms with E-state index in [1.54, 1.807) is 0 Å². The summed E-state index contributed by atoms with van der Waals surface area (Å²) in [7, 11) is 0. The zero-order valence-corrected chi connectivity index (χ0v) is 19.3. The summed E-state index contributed by atoms with van der Waals surface area (Å²) in [5, 5.41) is 5.00. The van der Waals surface area contributed by atoms with E-state index in [9.17, 15) is 27.6 Å². The Balaban J connectivity index is 1.53. The van der Waals surface area contributed by atoms with Crippen LogP contribution in [0.5, 0.6) is 0 Å². The van der Waals surface area contributed by atoms with Crippen LogP contribution >= 0.6 is 0 Å². The predicted octanol–water partition coefficient (Wildman–Crippen LogP) is 3.14. The van der Waals surface area contributed by atoms with Crippen molar-refractivity contribution in [1.82, 2.24) is 15.5 Å². The Morgan fingerprint density at radius 3 is 2.53 bits per heavy atom. The lowest BCUT2D eigenvalue weighted by Gasteiger charge is -2.19. The van der Waals surface area contributed by atoms with Gasteiger partial charge in [0.05, 0.1) is 37.4 Å². The van der Waals surface area contributed by atoms with Crippen molar-refractivity contribution in [2.75, 3.05) is 26.2 Å². The van der Waals surface area contributed by atoms with Crippen LogP contribution < -0.4 is 10.6 Å². The van der Waals surface area contributed by atoms with Crippen molar-refractivity contribution in [3.8, 4) is 0 Å². The molecule has 0 aliphatic carbocycles. The topological polar surface area (TPSA) is 97.0 Å². The number of carbonyl (C=O) groups is 3. The summed E-state index contributed by atoms with van der Waals surface area (Å²) in [6, 6.07) is 12.5. The molecule has 0 aromatic heterocycles. The molecule has 2 aromatic carbocycles. The van der Waals surface area contributed by atoms with Gasteiger partial charge in [0.1, 0.15) is 6.61 Å². The van der Waals surface area contributed by atoms with Gasteiger partial charge in [0.25, 0.3) is 5.91 Å². The number of nitrogens with zero attached hydrogens (tertiary/aromatic N) is 1. The minimum Gasteiger partial charge on any atom is -0.445 e. The van der Waals surface area contributed by atoms with Gasteiger partial charge in [-0.05, 0) is 23.8 Å². The van der Waals surface area contributed by atoms with Crippen LogP contribution in [0.4, 0.5) is 18.0 Å². The van der Waals surface area contributed by atoms with Gasteiger partial charge in [-0.1, -0.05) is 42.5 Å². The molecule has 2 unspecified atom stereocenters. The summed E-state index contributed by atoms with van der Waals surface area (Å²) in [6.45, 7) is 3.68. The summed E-state index contributed by atoms with van der Waals surface area (Å²) in [6.07, 6.45) is -4.18. The number of hydrogen-bond acceptors (Lipinski definition) is 5. The molecule has 0 saturated carbocycles. The fourth-order valence-electron chi connectivity index (χ4n) is 3.59. The number of halogens is 3. The van der Waals surface area contributed by atoms with Crippen LogP contribution in [0.2, 0.25) is 0 Å². The molecule has 2 N–H and O–H groups in total. The van der Waals surface area contributed by atoms with Gasteiger partial charge in [0.15, 0.2) is 0 Å². The van der Waals surface area contributed by atoms with Crippen molar-refractivity contribution in [2.45, 2.75) is 24.9 Å². The molecule has 2 atom stereocenters. The predicted molar refractivity (Wildman–Crippen MR) is 124 cm³/mol. The van der Waals surface area contributed by atoms with Gasteiger partial charge in [-0.2, -0.15) is 13.2 Å². The quantitative estimate of drug-likeness (QED) is 0.511. The smallest absolute Gasteiger partial charge is 0.416 e. The van der Waals surface area contributed by atoms with E-state index >= 15 is 0 Å². The normalized spacial score (nSPS) is 17.4. The number of likely N-dealkylation sites (tertiary alicyclic amines) is 1. The number of nitrogens with one attached hydrogen (secondary N) is 2. The maximum absolute atomic E-state index is 12.9. The number of amides is 3. The lowest BCUT2D eigenvalue weighted by molar-refractivity contribution is -0.137. The van der Waals surface area contributed by atoms with Gasteiger partial charge in [0.2, 0.25) is 5.91 Å². The molecule has 192 valence electrons. The van der Waals surface area contributed by atoms with Crippen LogP contribution in [-0.4, -0.2) is 61.2 Å². The molecule has 11 heteroatoms. The molecule has 3 amide bonds. The van der Waals surface area contributed by atoms with Crippen molar-refractivity contribution < 1.29 is 37.0 Å². The fourth-order valence-corrected chi connectivity index (χ4v) is 3.59. The van der Waals surface area contributed by atoms with E-state index in [4.69, 9.17) is 9.47 Å². The van der Waals surface area contributed by atoms with Crippen LogP contribution in [0, 0.1) is 0 Å². The summed E-state index contributed by atoms with van der Waals surface area (Å²) >= 11 is 0. The van der Waals surface area contributed by atoms with E-state index in [0.717, 1.165) is 17.7 Å². The SMILES string of the molecule is C=CCOC1CN(C(=O)OCc2ccccc2)CC1NC(=O)CNC(=O)c1cccc(C(F)(F)F)c1. The average Bonchev–Trinajstić information content (AvgIpc) is 3.27. The van der Waals surface area contributed by atoms with Gasteiger partial charge in [-0.3, -0.25) is 9.59 Å². The lowest BCUT2D eigenvalue weighted by atomic mass is 10.1. The van der Waals surface area contributed by atoms with E-state index in [2.05, 4.69) is 17.2 Å². The minimum absolute atomic E-state index is 0.0902. The number of hydrogen-bond donors (Lipinski definition) is 2. The third kappa shape index (κ3) is 7.57. The third-order valence-corrected chi connectivity index (χ3v) is 5.37. The van der Waals surface area contributed by atoms with Crippen molar-refractivity contribution >= 4 is 17.9 Å². The molecule has 3 rings (SSSR count). The maximum Gasteiger partial charge on any atom is 0.416 e. The van der Waals surface area contributed by atoms with Gasteiger partial charge < -0.3 is 25.0 Å². The Bertz CT molecular complexity index is 1080. The Morgan fingerprint density at radius 1 is 1.08 bits per heavy atom. The Hall–Kier alpha value is -3.86. The zero-order valence-electron chi connectivity index (χ0n) is 19.3. The molecule has 1 aliphatic heterocycles. The van der Waals surface area contributed by atoms with Crippen molar-refractivity contribution in [1.29, 1.82) is 0 Å². The highest BCUT2D eigenvalue weighted by Gasteiger charge is 2.37. The highest BCUT2D eigenvalue weighted by atomic mass is 19.4. The first-order valence-electron chi connectivity index (χ1n) is 11.1. The van der Waals surface area contributed by atoms with Gasteiger partial charge >= 0.3 is 12.3 Å². The fraction of sp³-hybridized carbons (Fsp3) is 0.320. The minimum atomic E-state index is -4.59. The van der Waals surface area contributed by atoms with E-state index < -0.39 is 48.3 Å². The molecular weight excluding hydrogens is 479 g/mol. The summed E-state index contributed by atoms with van der Waals surface area (Å²) in [5.74, 6) is -1.42. The molecule has 1 fully saturated rings. The first-order chi connectivity index (χ1) is 17.2. The lowest BCUT2D eigenvalue weighted by Crippen LogP contribution is -2.47. The van der Waals surface area contributed by atoms with E-state index in [-0.39, 0.29) is 31.9 Å². The number of rotatable bonds is 9. The second-order valence-electron chi connectivity index (χ2n) is 8.04. The van der Waals surface area contributed by atoms with Gasteiger partial charge in [-0.15, -0.1) is 6.58 Å². The summed E-state index contributed by atoms with van der Waals surface area (Å²) in [5.41, 5.74) is -0.365. The Labute approximate surface area is 206 Å². The Kier molecular flexibility index (Phi) is 9.07. The second-order valence-corrected chi connectivity index (χ2v) is 8.04. The zero-order chi connectivity index (χ0) is 26.1. The van der Waals surface area contributed by atoms with E-state index in [0.29, 0.717) is 6.07 Å². The Morgan fingerprint density at radius 2 is 1.83 bits per heavy atom. The van der Waals surface area contributed by atoms with E-state index in [1.807, 2.05) is 30.3 Å². The largest absolute Gasteiger partial charge is 0.445 e. The molecule has 2 aromatic rings. The van der Waals surface area contributed by atoms with Gasteiger partial charge in [-0.25, -0.2) is 4.79 Å². The average molecular weight is 505 g/mol. The molecular formula is C25H26F3N3O5. The first-order valence-corrected chi connectivity index (χ1v) is 11.1. The molecule has 1 saturated heterocycles. The third-order valence-electron chi connectivity index (χ3n) is 5.37. The maximum atomic E-state index is 12.9. The van der Waals surface area contributed by atoms with Crippen molar-refractivity contribution in [3.05, 3.63) is 83.9 Å². The molecule has 0 bridgehead atoms. The molecule has 0 radical (unpaired) electrons. The highest BCUT2D eigenvalue weighted by molar-refractivity contribution is 5.96. The number of carbonyl (C=O) groups excluding carboxylic acids is 3. The number of ether oxygens (including phenoxy) is 2. The number of alkyl halides is 3. The van der Waals surface area contributed by atoms with Crippen LogP contribution in [0.15, 0.2) is 67.3 Å². The molecule has 8 nitrogen and oxygen atoms in total. The van der Waals surface area contributed by atoms with Crippen LogP contribution in [0.1, 0.15) is 21.5 Å². The molecule has 0 spiro atoms. The number of benzene rings is 2. The first kappa shape index (κ1) is 26.7. The summed E-state index contributed by atoms with van der Waals surface area (Å²) in [4.78, 5) is 38.6. The molecule has 36 heavy (non-hydrogen) atoms. The standard InChI is InChI=1S/C25H26F3N3O5/c1-2-11-35-21-15-31(24(34)36-16-17-7-4-3-5-8-17)14-20(21)30-22(32)13-29-23(33)18-9-6-10-19(12-18)25(26,27)28/h2-10,12,20-21H,1,11,13-16H2,(H,29,33)(H,30,32). The monoisotopic (exact) mass is 505 g/mol. The van der Waals surface area contributed by atoms with Gasteiger partial charge in [0, 0.05) is 12.1 Å². The highest BCUT2D eigenvalue weighted by Crippen LogP contribution is 2.29. The second kappa shape index (κ2) is 12.2. The summed E-state index contributed by atoms with van der Waals surface area (Å²) < 4.78 is 49.6. The molecule has 1 heterocycles. The van der Waals surface area contributed by atoms with Crippen LogP contribution in [0.25, 0.3) is 0 Å². The van der Waals surface area contributed by atoms with Crippen LogP contribution in [0.3, 0.4) is 0 Å². The van der Waals surface area contributed by atoms with Crippen LogP contribution in [-0.2, 0) is 27.1 Å². The van der Waals surface area contributed by atoms with Crippen molar-refractivity contribution in [2.24, 2.45) is 0 Å². The molecule has 1 aliphatic rings.